The van der Waals surface area contributed by atoms with Gasteiger partial charge in [0.2, 0.25) is 5.91 Å². The van der Waals surface area contributed by atoms with Crippen LogP contribution in [0.25, 0.3) is 0 Å². The van der Waals surface area contributed by atoms with E-state index in [2.05, 4.69) is 11.8 Å². The lowest BCUT2D eigenvalue weighted by Gasteiger charge is -2.60. The summed E-state index contributed by atoms with van der Waals surface area (Å²) in [6, 6.07) is 0. The van der Waals surface area contributed by atoms with E-state index in [1.165, 1.54) is 13.1 Å². The molecule has 0 aromatic rings. The van der Waals surface area contributed by atoms with Crippen LogP contribution in [0.15, 0.2) is 0 Å². The lowest BCUT2D eigenvalue weighted by Crippen LogP contribution is -2.72. The molecule has 0 radical (unpaired) electrons. The van der Waals surface area contributed by atoms with E-state index in [1.807, 2.05) is 4.90 Å². The minimum atomic E-state index is 0.232. The molecule has 2 rings (SSSR count). The highest BCUT2D eigenvalue weighted by molar-refractivity contribution is 5.74. The standard InChI is InChI=1S/C9H16N2O/c1-3-10-4-9(5-10)6-11(7-9)8(2)12/h3-7H2,1-2H3. The third-order valence-corrected chi connectivity index (χ3v) is 3.06. The fourth-order valence-corrected chi connectivity index (χ4v) is 2.31. The maximum Gasteiger partial charge on any atom is 0.219 e. The SMILES string of the molecule is CCN1CC2(C1)CN(C(C)=O)C2. The summed E-state index contributed by atoms with van der Waals surface area (Å²) in [7, 11) is 0. The number of carbonyl (C=O) groups is 1. The Bertz CT molecular complexity index is 201. The molecule has 0 aromatic heterocycles. The van der Waals surface area contributed by atoms with Crippen molar-refractivity contribution in [3.63, 3.8) is 0 Å². The molecule has 0 unspecified atom stereocenters. The fourth-order valence-electron chi connectivity index (χ4n) is 2.31. The molecule has 0 aromatic carbocycles. The van der Waals surface area contributed by atoms with Gasteiger partial charge >= 0.3 is 0 Å². The van der Waals surface area contributed by atoms with Gasteiger partial charge in [0.1, 0.15) is 0 Å². The summed E-state index contributed by atoms with van der Waals surface area (Å²) < 4.78 is 0. The van der Waals surface area contributed by atoms with Crippen molar-refractivity contribution < 1.29 is 4.79 Å². The minimum absolute atomic E-state index is 0.232. The van der Waals surface area contributed by atoms with Gasteiger partial charge in [0.05, 0.1) is 0 Å². The Morgan fingerprint density at radius 3 is 2.33 bits per heavy atom. The van der Waals surface area contributed by atoms with Gasteiger partial charge in [-0.1, -0.05) is 6.92 Å². The van der Waals surface area contributed by atoms with E-state index in [1.54, 1.807) is 6.92 Å². The summed E-state index contributed by atoms with van der Waals surface area (Å²) in [5.74, 6) is 0.232. The van der Waals surface area contributed by atoms with Crippen LogP contribution in [0, 0.1) is 5.41 Å². The normalized spacial score (nSPS) is 26.7. The van der Waals surface area contributed by atoms with Crippen molar-refractivity contribution in [1.82, 2.24) is 9.80 Å². The van der Waals surface area contributed by atoms with Crippen LogP contribution in [0.4, 0.5) is 0 Å². The van der Waals surface area contributed by atoms with Gasteiger partial charge in [0.15, 0.2) is 0 Å². The first-order valence-electron chi connectivity index (χ1n) is 4.63. The van der Waals surface area contributed by atoms with Gasteiger partial charge in [-0.05, 0) is 6.54 Å². The van der Waals surface area contributed by atoms with Crippen molar-refractivity contribution in [3.8, 4) is 0 Å². The molecule has 12 heavy (non-hydrogen) atoms. The van der Waals surface area contributed by atoms with Crippen molar-refractivity contribution in [3.05, 3.63) is 0 Å². The number of hydrogen-bond donors (Lipinski definition) is 0. The van der Waals surface area contributed by atoms with E-state index < -0.39 is 0 Å². The number of likely N-dealkylation sites (tertiary alicyclic amines) is 2. The zero-order valence-corrected chi connectivity index (χ0v) is 7.84. The molecule has 2 heterocycles. The predicted octanol–water partition coefficient (Wildman–Crippen LogP) is 0.170. The summed E-state index contributed by atoms with van der Waals surface area (Å²) >= 11 is 0. The lowest BCUT2D eigenvalue weighted by atomic mass is 9.73. The average Bonchev–Trinajstić information content (AvgIpc) is 1.81. The van der Waals surface area contributed by atoms with Crippen molar-refractivity contribution in [2.75, 3.05) is 32.7 Å². The molecular formula is C9H16N2O. The van der Waals surface area contributed by atoms with E-state index in [4.69, 9.17) is 0 Å². The third-order valence-electron chi connectivity index (χ3n) is 3.06. The highest BCUT2D eigenvalue weighted by Crippen LogP contribution is 2.39. The molecule has 3 heteroatoms. The molecule has 0 saturated carbocycles. The molecule has 2 fully saturated rings. The van der Waals surface area contributed by atoms with Crippen LogP contribution in [0.3, 0.4) is 0 Å². The van der Waals surface area contributed by atoms with Crippen molar-refractivity contribution in [2.24, 2.45) is 5.41 Å². The maximum atomic E-state index is 10.9. The van der Waals surface area contributed by atoms with E-state index in [-0.39, 0.29) is 5.91 Å². The Morgan fingerprint density at radius 1 is 1.33 bits per heavy atom. The molecular weight excluding hydrogens is 152 g/mol. The first-order valence-corrected chi connectivity index (χ1v) is 4.63. The second-order valence-electron chi connectivity index (χ2n) is 4.18. The molecule has 2 aliphatic rings. The second-order valence-corrected chi connectivity index (χ2v) is 4.18. The molecule has 1 spiro atoms. The van der Waals surface area contributed by atoms with Crippen LogP contribution in [0.2, 0.25) is 0 Å². The zero-order valence-electron chi connectivity index (χ0n) is 7.84. The molecule has 0 atom stereocenters. The molecule has 2 aliphatic heterocycles. The second kappa shape index (κ2) is 2.46. The summed E-state index contributed by atoms with van der Waals surface area (Å²) in [5.41, 5.74) is 0.502. The van der Waals surface area contributed by atoms with E-state index in [0.717, 1.165) is 19.6 Å². The lowest BCUT2D eigenvalue weighted by molar-refractivity contribution is -0.156. The molecule has 68 valence electrons. The Hall–Kier alpha value is -0.570. The Kier molecular flexibility index (Phi) is 1.65. The Balaban J connectivity index is 1.79. The van der Waals surface area contributed by atoms with Crippen molar-refractivity contribution in [2.45, 2.75) is 13.8 Å². The van der Waals surface area contributed by atoms with Gasteiger partial charge in [0.25, 0.3) is 0 Å². The van der Waals surface area contributed by atoms with Crippen LogP contribution in [0.1, 0.15) is 13.8 Å². The van der Waals surface area contributed by atoms with Crippen molar-refractivity contribution in [1.29, 1.82) is 0 Å². The Labute approximate surface area is 73.3 Å². The first kappa shape index (κ1) is 8.05. The van der Waals surface area contributed by atoms with Gasteiger partial charge in [0, 0.05) is 38.5 Å². The molecule has 2 saturated heterocycles. The van der Waals surface area contributed by atoms with Crippen LogP contribution >= 0.6 is 0 Å². The third kappa shape index (κ3) is 1.04. The van der Waals surface area contributed by atoms with Crippen molar-refractivity contribution >= 4 is 5.91 Å². The highest BCUT2D eigenvalue weighted by atomic mass is 16.2. The monoisotopic (exact) mass is 168 g/mol. The number of nitrogens with zero attached hydrogens (tertiary/aromatic N) is 2. The largest absolute Gasteiger partial charge is 0.341 e. The van der Waals surface area contributed by atoms with Gasteiger partial charge in [-0.15, -0.1) is 0 Å². The van der Waals surface area contributed by atoms with E-state index in [9.17, 15) is 4.79 Å². The maximum absolute atomic E-state index is 10.9. The zero-order chi connectivity index (χ0) is 8.77. The number of carbonyl (C=O) groups excluding carboxylic acids is 1. The summed E-state index contributed by atoms with van der Waals surface area (Å²) in [6.45, 7) is 9.40. The summed E-state index contributed by atoms with van der Waals surface area (Å²) in [5, 5.41) is 0. The first-order chi connectivity index (χ1) is 5.65. The summed E-state index contributed by atoms with van der Waals surface area (Å²) in [4.78, 5) is 15.3. The topological polar surface area (TPSA) is 23.6 Å². The minimum Gasteiger partial charge on any atom is -0.341 e. The number of amides is 1. The Morgan fingerprint density at radius 2 is 1.92 bits per heavy atom. The molecule has 0 bridgehead atoms. The van der Waals surface area contributed by atoms with E-state index >= 15 is 0 Å². The van der Waals surface area contributed by atoms with Gasteiger partial charge < -0.3 is 9.80 Å². The van der Waals surface area contributed by atoms with Crippen LogP contribution in [0.5, 0.6) is 0 Å². The molecule has 0 N–H and O–H groups in total. The van der Waals surface area contributed by atoms with E-state index in [0.29, 0.717) is 5.41 Å². The van der Waals surface area contributed by atoms with Crippen LogP contribution in [-0.2, 0) is 4.79 Å². The quantitative estimate of drug-likeness (QED) is 0.557. The summed E-state index contributed by atoms with van der Waals surface area (Å²) in [6.07, 6.45) is 0. The van der Waals surface area contributed by atoms with Crippen LogP contribution in [-0.4, -0.2) is 48.4 Å². The fraction of sp³-hybridized carbons (Fsp3) is 0.889. The molecule has 0 aliphatic carbocycles. The van der Waals surface area contributed by atoms with Crippen LogP contribution < -0.4 is 0 Å². The number of rotatable bonds is 1. The van der Waals surface area contributed by atoms with Gasteiger partial charge in [-0.2, -0.15) is 0 Å². The molecule has 1 amide bonds. The highest BCUT2D eigenvalue weighted by Gasteiger charge is 2.51. The van der Waals surface area contributed by atoms with Gasteiger partial charge in [-0.3, -0.25) is 4.79 Å². The predicted molar refractivity (Wildman–Crippen MR) is 46.8 cm³/mol. The molecule has 3 nitrogen and oxygen atoms in total. The number of hydrogen-bond acceptors (Lipinski definition) is 2. The van der Waals surface area contributed by atoms with Gasteiger partial charge in [-0.25, -0.2) is 0 Å². The smallest absolute Gasteiger partial charge is 0.219 e. The average molecular weight is 168 g/mol.